The molecule has 1 heterocycles. The second kappa shape index (κ2) is 5.80. The first kappa shape index (κ1) is 15.7. The molecule has 0 spiro atoms. The van der Waals surface area contributed by atoms with E-state index in [2.05, 4.69) is 20.3 Å². The van der Waals surface area contributed by atoms with Gasteiger partial charge >= 0.3 is 5.69 Å². The summed E-state index contributed by atoms with van der Waals surface area (Å²) in [5.41, 5.74) is -1.69. The van der Waals surface area contributed by atoms with Gasteiger partial charge in [-0.05, 0) is 22.4 Å². The molecule has 0 unspecified atom stereocenters. The lowest BCUT2D eigenvalue weighted by molar-refractivity contribution is -0.394. The zero-order valence-corrected chi connectivity index (χ0v) is 12.0. The summed E-state index contributed by atoms with van der Waals surface area (Å²) >= 11 is 0. The minimum absolute atomic E-state index is 0.0696. The van der Waals surface area contributed by atoms with Crippen LogP contribution in [0, 0.1) is 30.3 Å². The smallest absolute Gasteiger partial charge is 0.323 e. The molecule has 0 aliphatic heterocycles. The van der Waals surface area contributed by atoms with Crippen LogP contribution in [0.25, 0.3) is 11.0 Å². The molecule has 0 saturated carbocycles. The van der Waals surface area contributed by atoms with Crippen molar-refractivity contribution >= 4 is 39.5 Å². The third-order valence-electron chi connectivity index (χ3n) is 3.19. The van der Waals surface area contributed by atoms with Gasteiger partial charge in [0.15, 0.2) is 0 Å². The molecule has 126 valence electrons. The van der Waals surface area contributed by atoms with Crippen molar-refractivity contribution in [2.75, 3.05) is 5.32 Å². The van der Waals surface area contributed by atoms with Crippen LogP contribution in [0.1, 0.15) is 0 Å². The lowest BCUT2D eigenvalue weighted by Crippen LogP contribution is -2.00. The quantitative estimate of drug-likeness (QED) is 0.532. The summed E-state index contributed by atoms with van der Waals surface area (Å²) in [6.45, 7) is 0. The van der Waals surface area contributed by atoms with Gasteiger partial charge in [-0.15, -0.1) is 0 Å². The Morgan fingerprint density at radius 3 is 2.08 bits per heavy atom. The van der Waals surface area contributed by atoms with Crippen molar-refractivity contribution in [1.82, 2.24) is 10.3 Å². The number of fused-ring (bicyclic) bond motifs is 1. The minimum Gasteiger partial charge on any atom is -0.349 e. The summed E-state index contributed by atoms with van der Waals surface area (Å²) in [7, 11) is 0. The molecule has 0 saturated heterocycles. The maximum atomic E-state index is 11.3. The zero-order valence-electron chi connectivity index (χ0n) is 12.0. The summed E-state index contributed by atoms with van der Waals surface area (Å²) < 4.78 is 4.45. The van der Waals surface area contributed by atoms with E-state index in [0.29, 0.717) is 0 Å². The van der Waals surface area contributed by atoms with Crippen molar-refractivity contribution in [2.45, 2.75) is 0 Å². The van der Waals surface area contributed by atoms with E-state index >= 15 is 0 Å². The van der Waals surface area contributed by atoms with Crippen molar-refractivity contribution in [3.05, 3.63) is 60.7 Å². The molecule has 0 aliphatic rings. The zero-order chi connectivity index (χ0) is 18.1. The third kappa shape index (κ3) is 2.88. The standard InChI is InChI=1S/C12H6N6O7/c19-16(20)7-3-6(4-8(5-7)17(21)22)13-10-2-1-9-11(15-25-14-9)12(10)18(23)24/h1-5,13H. The maximum Gasteiger partial charge on any atom is 0.323 e. The lowest BCUT2D eigenvalue weighted by Gasteiger charge is -2.07. The van der Waals surface area contributed by atoms with Crippen molar-refractivity contribution in [2.24, 2.45) is 0 Å². The third-order valence-corrected chi connectivity index (χ3v) is 3.19. The fraction of sp³-hybridized carbons (Fsp3) is 0. The van der Waals surface area contributed by atoms with Crippen LogP contribution in [-0.2, 0) is 0 Å². The average Bonchev–Trinajstić information content (AvgIpc) is 3.02. The van der Waals surface area contributed by atoms with Crippen LogP contribution in [0.5, 0.6) is 0 Å². The van der Waals surface area contributed by atoms with Gasteiger partial charge in [0.2, 0.25) is 5.52 Å². The predicted molar refractivity (Wildman–Crippen MR) is 81.5 cm³/mol. The van der Waals surface area contributed by atoms with Crippen LogP contribution >= 0.6 is 0 Å². The molecule has 0 aliphatic carbocycles. The number of aromatic nitrogens is 2. The Bertz CT molecular complexity index is 998. The molecule has 2 aromatic carbocycles. The number of hydrogen-bond donors (Lipinski definition) is 1. The highest BCUT2D eigenvalue weighted by Crippen LogP contribution is 2.35. The molecule has 0 atom stereocenters. The van der Waals surface area contributed by atoms with E-state index in [1.807, 2.05) is 0 Å². The van der Waals surface area contributed by atoms with E-state index in [1.165, 1.54) is 12.1 Å². The van der Waals surface area contributed by atoms with Crippen LogP contribution in [-0.4, -0.2) is 25.1 Å². The van der Waals surface area contributed by atoms with Gasteiger partial charge in [0.25, 0.3) is 11.4 Å². The number of nitro groups is 3. The van der Waals surface area contributed by atoms with Gasteiger partial charge in [-0.25, -0.2) is 4.63 Å². The van der Waals surface area contributed by atoms with E-state index in [4.69, 9.17) is 0 Å². The van der Waals surface area contributed by atoms with Crippen LogP contribution in [0.4, 0.5) is 28.4 Å². The van der Waals surface area contributed by atoms with E-state index in [9.17, 15) is 30.3 Å². The maximum absolute atomic E-state index is 11.3. The Morgan fingerprint density at radius 1 is 0.880 bits per heavy atom. The fourth-order valence-corrected chi connectivity index (χ4v) is 2.16. The Hall–Kier alpha value is -4.16. The number of rotatable bonds is 5. The summed E-state index contributed by atoms with van der Waals surface area (Å²) in [5, 5.41) is 42.6. The van der Waals surface area contributed by atoms with Gasteiger partial charge < -0.3 is 5.32 Å². The second-order valence-electron chi connectivity index (χ2n) is 4.73. The predicted octanol–water partition coefficient (Wildman–Crippen LogP) is 2.69. The second-order valence-corrected chi connectivity index (χ2v) is 4.73. The van der Waals surface area contributed by atoms with Gasteiger partial charge in [-0.1, -0.05) is 0 Å². The monoisotopic (exact) mass is 346 g/mol. The number of hydrogen-bond acceptors (Lipinski definition) is 10. The van der Waals surface area contributed by atoms with E-state index in [0.717, 1.165) is 18.2 Å². The molecule has 0 fully saturated rings. The fourth-order valence-electron chi connectivity index (χ4n) is 2.16. The van der Waals surface area contributed by atoms with Crippen LogP contribution in [0.2, 0.25) is 0 Å². The first-order valence-corrected chi connectivity index (χ1v) is 6.47. The molecule has 0 amide bonds. The van der Waals surface area contributed by atoms with Crippen LogP contribution in [0.3, 0.4) is 0 Å². The van der Waals surface area contributed by atoms with Crippen molar-refractivity contribution < 1.29 is 19.4 Å². The Labute approximate surface area is 136 Å². The van der Waals surface area contributed by atoms with E-state index in [-0.39, 0.29) is 22.4 Å². The number of nitrogens with zero attached hydrogens (tertiary/aromatic N) is 5. The van der Waals surface area contributed by atoms with E-state index < -0.39 is 31.8 Å². The first-order chi connectivity index (χ1) is 11.9. The SMILES string of the molecule is O=[N+]([O-])c1cc(Nc2ccc3nonc3c2[N+](=O)[O-])cc([N+](=O)[O-])c1. The number of anilines is 2. The first-order valence-electron chi connectivity index (χ1n) is 6.47. The molecule has 3 aromatic rings. The van der Waals surface area contributed by atoms with Crippen molar-refractivity contribution in [3.8, 4) is 0 Å². The molecule has 3 rings (SSSR count). The lowest BCUT2D eigenvalue weighted by atomic mass is 10.2. The highest BCUT2D eigenvalue weighted by molar-refractivity contribution is 5.92. The number of nitro benzene ring substituents is 3. The molecular formula is C12H6N6O7. The summed E-state index contributed by atoms with van der Waals surface area (Å²) in [6, 6.07) is 5.48. The molecule has 1 aromatic heterocycles. The molecule has 13 nitrogen and oxygen atoms in total. The Kier molecular flexibility index (Phi) is 3.65. The van der Waals surface area contributed by atoms with Gasteiger partial charge in [-0.3, -0.25) is 30.3 Å². The Morgan fingerprint density at radius 2 is 1.52 bits per heavy atom. The molecule has 0 bridgehead atoms. The molecule has 1 N–H and O–H groups in total. The van der Waals surface area contributed by atoms with Gasteiger partial charge in [0.1, 0.15) is 11.2 Å². The average molecular weight is 346 g/mol. The topological polar surface area (TPSA) is 180 Å². The number of nitrogens with one attached hydrogen (secondary N) is 1. The van der Waals surface area contributed by atoms with E-state index in [1.54, 1.807) is 0 Å². The van der Waals surface area contributed by atoms with Gasteiger partial charge in [0, 0.05) is 12.1 Å². The molecule has 13 heteroatoms. The molecular weight excluding hydrogens is 340 g/mol. The number of non-ortho nitro benzene ring substituents is 2. The van der Waals surface area contributed by atoms with Crippen LogP contribution < -0.4 is 5.32 Å². The molecule has 25 heavy (non-hydrogen) atoms. The van der Waals surface area contributed by atoms with Crippen molar-refractivity contribution in [3.63, 3.8) is 0 Å². The summed E-state index contributed by atoms with van der Waals surface area (Å²) in [6.07, 6.45) is 0. The van der Waals surface area contributed by atoms with Crippen molar-refractivity contribution in [1.29, 1.82) is 0 Å². The normalized spacial score (nSPS) is 10.6. The highest BCUT2D eigenvalue weighted by atomic mass is 16.6. The van der Waals surface area contributed by atoms with Gasteiger partial charge in [0.05, 0.1) is 26.5 Å². The van der Waals surface area contributed by atoms with Gasteiger partial charge in [-0.2, -0.15) is 0 Å². The largest absolute Gasteiger partial charge is 0.349 e. The molecule has 0 radical (unpaired) electrons. The van der Waals surface area contributed by atoms with Crippen LogP contribution in [0.15, 0.2) is 35.0 Å². The minimum atomic E-state index is -0.808. The summed E-state index contributed by atoms with van der Waals surface area (Å²) in [5.74, 6) is 0. The highest BCUT2D eigenvalue weighted by Gasteiger charge is 2.24. The summed E-state index contributed by atoms with van der Waals surface area (Å²) in [4.78, 5) is 30.8. The number of benzene rings is 2. The Balaban J connectivity index is 2.12.